The predicted molar refractivity (Wildman–Crippen MR) is 61.9 cm³/mol. The molecular weight excluding hydrogens is 236 g/mol. The van der Waals surface area contributed by atoms with Gasteiger partial charge in [-0.2, -0.15) is 0 Å². The highest BCUT2D eigenvalue weighted by atomic mass is 16.5. The highest BCUT2D eigenvalue weighted by molar-refractivity contribution is 5.88. The molecule has 0 unspecified atom stereocenters. The molecule has 1 amide bonds. The van der Waals surface area contributed by atoms with Crippen molar-refractivity contribution in [3.63, 3.8) is 0 Å². The van der Waals surface area contributed by atoms with Crippen LogP contribution in [0.15, 0.2) is 0 Å². The first-order chi connectivity index (χ1) is 8.65. The van der Waals surface area contributed by atoms with E-state index in [1.807, 2.05) is 6.92 Å². The third kappa shape index (κ3) is 2.66. The fraction of sp³-hybridized carbons (Fsp3) is 0.636. The molecule has 0 aromatic carbocycles. The Morgan fingerprint density at radius 3 is 2.78 bits per heavy atom. The highest BCUT2D eigenvalue weighted by Crippen LogP contribution is 2.18. The molecule has 98 valence electrons. The zero-order valence-electron chi connectivity index (χ0n) is 10.5. The normalized spacial score (nSPS) is 14.3. The number of aromatic nitrogens is 3. The van der Waals surface area contributed by atoms with Gasteiger partial charge in [-0.05, 0) is 19.3 Å². The Kier molecular flexibility index (Phi) is 3.59. The van der Waals surface area contributed by atoms with Gasteiger partial charge < -0.3 is 10.1 Å². The van der Waals surface area contributed by atoms with Crippen molar-refractivity contribution in [2.24, 2.45) is 0 Å². The van der Waals surface area contributed by atoms with E-state index in [0.717, 1.165) is 12.8 Å². The van der Waals surface area contributed by atoms with Crippen molar-refractivity contribution in [3.05, 3.63) is 11.4 Å². The zero-order chi connectivity index (χ0) is 13.1. The average molecular weight is 252 g/mol. The van der Waals surface area contributed by atoms with E-state index in [1.54, 1.807) is 0 Å². The van der Waals surface area contributed by atoms with Gasteiger partial charge in [0, 0.05) is 6.04 Å². The molecule has 7 nitrogen and oxygen atoms in total. The molecule has 1 aromatic heterocycles. The van der Waals surface area contributed by atoms with Crippen LogP contribution in [0.2, 0.25) is 0 Å². The number of amides is 1. The second kappa shape index (κ2) is 5.16. The smallest absolute Gasteiger partial charge is 0.360 e. The van der Waals surface area contributed by atoms with Crippen molar-refractivity contribution < 1.29 is 14.3 Å². The van der Waals surface area contributed by atoms with Crippen molar-refractivity contribution in [1.29, 1.82) is 0 Å². The molecule has 1 heterocycles. The minimum Gasteiger partial charge on any atom is -0.464 e. The van der Waals surface area contributed by atoms with Gasteiger partial charge in [0.15, 0.2) is 5.69 Å². The molecular formula is C11H16N4O3. The lowest BCUT2D eigenvalue weighted by Crippen LogP contribution is -2.30. The van der Waals surface area contributed by atoms with Crippen molar-refractivity contribution in [1.82, 2.24) is 20.3 Å². The molecule has 1 aliphatic rings. The van der Waals surface area contributed by atoms with Gasteiger partial charge in [-0.1, -0.05) is 12.1 Å². The Balaban J connectivity index is 2.09. The van der Waals surface area contributed by atoms with Crippen LogP contribution in [-0.4, -0.2) is 40.0 Å². The molecule has 0 aliphatic heterocycles. The molecule has 0 spiro atoms. The second-order valence-electron chi connectivity index (χ2n) is 4.23. The van der Waals surface area contributed by atoms with Gasteiger partial charge in [0.1, 0.15) is 6.54 Å². The van der Waals surface area contributed by atoms with Gasteiger partial charge in [-0.3, -0.25) is 4.79 Å². The van der Waals surface area contributed by atoms with Crippen LogP contribution in [0.25, 0.3) is 0 Å². The van der Waals surface area contributed by atoms with E-state index in [-0.39, 0.29) is 18.1 Å². The summed E-state index contributed by atoms with van der Waals surface area (Å²) in [7, 11) is 1.29. The van der Waals surface area contributed by atoms with Crippen LogP contribution in [0, 0.1) is 0 Å². The maximum Gasteiger partial charge on any atom is 0.360 e. The summed E-state index contributed by atoms with van der Waals surface area (Å²) in [5.41, 5.74) is 0.798. The van der Waals surface area contributed by atoms with Gasteiger partial charge in [-0.15, -0.1) is 5.10 Å². The number of nitrogens with one attached hydrogen (secondary N) is 1. The number of ether oxygens (including phenoxy) is 1. The van der Waals surface area contributed by atoms with Gasteiger partial charge in [0.2, 0.25) is 5.91 Å². The standard InChI is InChI=1S/C11H16N4O3/c1-3-8-10(11(17)18-2)13-14-15(8)6-9(16)12-7-4-5-7/h7H,3-6H2,1-2H3,(H,12,16). The van der Waals surface area contributed by atoms with Crippen LogP contribution < -0.4 is 5.32 Å². The number of rotatable bonds is 5. The summed E-state index contributed by atoms with van der Waals surface area (Å²) in [5, 5.41) is 10.5. The first-order valence-electron chi connectivity index (χ1n) is 5.95. The van der Waals surface area contributed by atoms with E-state index in [9.17, 15) is 9.59 Å². The first kappa shape index (κ1) is 12.5. The Bertz CT molecular complexity index is 465. The Morgan fingerprint density at radius 2 is 2.22 bits per heavy atom. The van der Waals surface area contributed by atoms with E-state index in [1.165, 1.54) is 11.8 Å². The summed E-state index contributed by atoms with van der Waals surface area (Å²) < 4.78 is 6.06. The molecule has 1 N–H and O–H groups in total. The van der Waals surface area contributed by atoms with Crippen LogP contribution in [0.1, 0.15) is 35.9 Å². The second-order valence-corrected chi connectivity index (χ2v) is 4.23. The van der Waals surface area contributed by atoms with Crippen LogP contribution in [-0.2, 0) is 22.5 Å². The Labute approximate surface area is 104 Å². The summed E-state index contributed by atoms with van der Waals surface area (Å²) in [6.07, 6.45) is 2.64. The summed E-state index contributed by atoms with van der Waals surface area (Å²) in [6.45, 7) is 1.96. The summed E-state index contributed by atoms with van der Waals surface area (Å²) in [4.78, 5) is 23.1. The highest BCUT2D eigenvalue weighted by Gasteiger charge is 2.25. The summed E-state index contributed by atoms with van der Waals surface area (Å²) >= 11 is 0. The third-order valence-corrected chi connectivity index (χ3v) is 2.79. The monoisotopic (exact) mass is 252 g/mol. The van der Waals surface area contributed by atoms with Crippen LogP contribution in [0.5, 0.6) is 0 Å². The molecule has 0 radical (unpaired) electrons. The molecule has 18 heavy (non-hydrogen) atoms. The van der Waals surface area contributed by atoms with Crippen molar-refractivity contribution in [3.8, 4) is 0 Å². The number of carbonyl (C=O) groups is 2. The van der Waals surface area contributed by atoms with Crippen molar-refractivity contribution in [2.75, 3.05) is 7.11 Å². The fourth-order valence-corrected chi connectivity index (χ4v) is 1.70. The lowest BCUT2D eigenvalue weighted by molar-refractivity contribution is -0.122. The molecule has 2 rings (SSSR count). The van der Waals surface area contributed by atoms with Crippen molar-refractivity contribution in [2.45, 2.75) is 38.8 Å². The lowest BCUT2D eigenvalue weighted by Gasteiger charge is -2.06. The average Bonchev–Trinajstić information content (AvgIpc) is 3.07. The van der Waals surface area contributed by atoms with E-state index < -0.39 is 5.97 Å². The van der Waals surface area contributed by atoms with Crippen LogP contribution in [0.3, 0.4) is 0 Å². The molecule has 1 saturated carbocycles. The summed E-state index contributed by atoms with van der Waals surface area (Å²) in [6, 6.07) is 0.311. The molecule has 0 bridgehead atoms. The largest absolute Gasteiger partial charge is 0.464 e. The maximum absolute atomic E-state index is 11.7. The van der Waals surface area contributed by atoms with E-state index in [2.05, 4.69) is 20.4 Å². The number of hydrogen-bond acceptors (Lipinski definition) is 5. The molecule has 7 heteroatoms. The quantitative estimate of drug-likeness (QED) is 0.740. The Hall–Kier alpha value is -1.92. The molecule has 0 saturated heterocycles. The number of nitrogens with zero attached hydrogens (tertiary/aromatic N) is 3. The molecule has 1 aliphatic carbocycles. The summed E-state index contributed by atoms with van der Waals surface area (Å²) in [5.74, 6) is -0.630. The maximum atomic E-state index is 11.7. The van der Waals surface area contributed by atoms with Gasteiger partial charge >= 0.3 is 5.97 Å². The minimum absolute atomic E-state index is 0.0870. The molecule has 0 atom stereocenters. The SMILES string of the molecule is CCc1c(C(=O)OC)nnn1CC(=O)NC1CC1. The van der Waals surface area contributed by atoms with Crippen LogP contribution >= 0.6 is 0 Å². The van der Waals surface area contributed by atoms with Crippen LogP contribution in [0.4, 0.5) is 0 Å². The van der Waals surface area contributed by atoms with Gasteiger partial charge in [0.25, 0.3) is 0 Å². The van der Waals surface area contributed by atoms with Gasteiger partial charge in [0.05, 0.1) is 12.8 Å². The number of methoxy groups -OCH3 is 1. The topological polar surface area (TPSA) is 86.1 Å². The zero-order valence-corrected chi connectivity index (χ0v) is 10.5. The van der Waals surface area contributed by atoms with E-state index in [0.29, 0.717) is 18.2 Å². The van der Waals surface area contributed by atoms with Gasteiger partial charge in [-0.25, -0.2) is 9.48 Å². The number of esters is 1. The first-order valence-corrected chi connectivity index (χ1v) is 5.95. The van der Waals surface area contributed by atoms with E-state index >= 15 is 0 Å². The minimum atomic E-state index is -0.527. The molecule has 1 fully saturated rings. The molecule has 1 aromatic rings. The predicted octanol–water partition coefficient (Wildman–Crippen LogP) is -0.0943. The third-order valence-electron chi connectivity index (χ3n) is 2.79. The number of carbonyl (C=O) groups excluding carboxylic acids is 2. The number of hydrogen-bond donors (Lipinski definition) is 1. The van der Waals surface area contributed by atoms with Crippen molar-refractivity contribution >= 4 is 11.9 Å². The lowest BCUT2D eigenvalue weighted by atomic mass is 10.2. The van der Waals surface area contributed by atoms with E-state index in [4.69, 9.17) is 0 Å². The Morgan fingerprint density at radius 1 is 1.50 bits per heavy atom. The fourth-order valence-electron chi connectivity index (χ4n) is 1.70.